The smallest absolute Gasteiger partial charge is 0.290 e. The van der Waals surface area contributed by atoms with E-state index in [2.05, 4.69) is 27.3 Å². The summed E-state index contributed by atoms with van der Waals surface area (Å²) in [5.41, 5.74) is 3.08. The third kappa shape index (κ3) is 1.00. The molecule has 0 atom stereocenters. The van der Waals surface area contributed by atoms with Crippen molar-refractivity contribution in [2.45, 2.75) is 12.8 Å². The number of aryl methyl sites for hydroxylation is 1. The summed E-state index contributed by atoms with van der Waals surface area (Å²) in [4.78, 5) is 13.3. The monoisotopic (exact) mass is 251 g/mol. The summed E-state index contributed by atoms with van der Waals surface area (Å²) < 4.78 is 1.01. The van der Waals surface area contributed by atoms with E-state index in [1.165, 1.54) is 5.56 Å². The van der Waals surface area contributed by atoms with Gasteiger partial charge < -0.3 is 0 Å². The number of hydrogen-bond acceptors (Lipinski definition) is 1. The second kappa shape index (κ2) is 2.73. The summed E-state index contributed by atoms with van der Waals surface area (Å²) in [5, 5.41) is 4.02. The van der Waals surface area contributed by atoms with Gasteiger partial charge >= 0.3 is 6.03 Å². The Kier molecular flexibility index (Phi) is 1.62. The molecule has 2 aliphatic heterocycles. The predicted molar refractivity (Wildman–Crippen MR) is 57.0 cm³/mol. The molecule has 71 valence electrons. The minimum atomic E-state index is -0.112. The molecule has 0 N–H and O–H groups in total. The van der Waals surface area contributed by atoms with Crippen LogP contribution in [-0.2, 0) is 6.42 Å². The number of anilines is 1. The number of nitrogens with zero attached hydrogens (tertiary/aromatic N) is 2. The van der Waals surface area contributed by atoms with Gasteiger partial charge in [0.05, 0.1) is 11.4 Å². The van der Waals surface area contributed by atoms with Gasteiger partial charge in [-0.2, -0.15) is 5.32 Å². The molecule has 2 heterocycles. The van der Waals surface area contributed by atoms with Crippen molar-refractivity contribution >= 4 is 33.3 Å². The first-order valence-corrected chi connectivity index (χ1v) is 5.41. The van der Waals surface area contributed by atoms with Gasteiger partial charge in [-0.1, -0.05) is 15.9 Å². The molecule has 0 fully saturated rings. The third-order valence-corrected chi connectivity index (χ3v) is 3.14. The van der Waals surface area contributed by atoms with Crippen LogP contribution < -0.4 is 10.2 Å². The number of carbonyl (C=O) groups excluding carboxylic acids is 1. The van der Waals surface area contributed by atoms with Crippen LogP contribution in [0.5, 0.6) is 0 Å². The van der Waals surface area contributed by atoms with Crippen molar-refractivity contribution in [3.05, 3.63) is 22.2 Å². The number of halogens is 1. The number of carbonyl (C=O) groups is 1. The number of rotatable bonds is 0. The van der Waals surface area contributed by atoms with Crippen LogP contribution in [0.4, 0.5) is 16.2 Å². The van der Waals surface area contributed by atoms with Crippen LogP contribution in [0.3, 0.4) is 0 Å². The molecular weight excluding hydrogens is 244 g/mol. The molecule has 0 saturated carbocycles. The Morgan fingerprint density at radius 2 is 2.29 bits per heavy atom. The second-order valence-electron chi connectivity index (χ2n) is 3.58. The SMILES string of the molecule is O=C1[N]c2cc(Br)cc3c2N1CCC3. The van der Waals surface area contributed by atoms with Gasteiger partial charge in [0.2, 0.25) is 0 Å². The molecule has 14 heavy (non-hydrogen) atoms. The quantitative estimate of drug-likeness (QED) is 0.698. The molecule has 4 heteroatoms. The van der Waals surface area contributed by atoms with Crippen molar-refractivity contribution in [1.29, 1.82) is 0 Å². The Morgan fingerprint density at radius 3 is 3.14 bits per heavy atom. The average Bonchev–Trinajstić information content (AvgIpc) is 2.45. The fourth-order valence-corrected chi connectivity index (χ4v) is 2.61. The van der Waals surface area contributed by atoms with Crippen LogP contribution in [0.2, 0.25) is 0 Å². The molecule has 0 saturated heterocycles. The number of urea groups is 1. The fourth-order valence-electron chi connectivity index (χ4n) is 2.12. The molecule has 0 bridgehead atoms. The first kappa shape index (κ1) is 8.29. The van der Waals surface area contributed by atoms with Crippen LogP contribution in [0.15, 0.2) is 16.6 Å². The lowest BCUT2D eigenvalue weighted by Gasteiger charge is -2.23. The average molecular weight is 252 g/mol. The largest absolute Gasteiger partial charge is 0.348 e. The Bertz CT molecular complexity index is 430. The van der Waals surface area contributed by atoms with Crippen LogP contribution in [0.25, 0.3) is 0 Å². The number of benzene rings is 1. The van der Waals surface area contributed by atoms with Crippen LogP contribution in [-0.4, -0.2) is 12.6 Å². The van der Waals surface area contributed by atoms with Crippen molar-refractivity contribution in [2.24, 2.45) is 0 Å². The zero-order valence-electron chi connectivity index (χ0n) is 7.46. The first-order chi connectivity index (χ1) is 6.75. The lowest BCUT2D eigenvalue weighted by molar-refractivity contribution is 0.250. The van der Waals surface area contributed by atoms with Crippen LogP contribution in [0.1, 0.15) is 12.0 Å². The summed E-state index contributed by atoms with van der Waals surface area (Å²) in [5.74, 6) is 0. The maximum Gasteiger partial charge on any atom is 0.348 e. The standard InChI is InChI=1S/C10H8BrN2O/c11-7-4-6-2-1-3-13-9(6)8(5-7)12-10(13)14/h4-5H,1-3H2. The fraction of sp³-hybridized carbons (Fsp3) is 0.300. The topological polar surface area (TPSA) is 34.4 Å². The summed E-state index contributed by atoms with van der Waals surface area (Å²) >= 11 is 3.43. The second-order valence-corrected chi connectivity index (χ2v) is 4.50. The highest BCUT2D eigenvalue weighted by atomic mass is 79.9. The van der Waals surface area contributed by atoms with Crippen molar-refractivity contribution < 1.29 is 4.79 Å². The first-order valence-electron chi connectivity index (χ1n) is 4.61. The highest BCUT2D eigenvalue weighted by molar-refractivity contribution is 9.10. The Morgan fingerprint density at radius 1 is 1.43 bits per heavy atom. The minimum absolute atomic E-state index is 0.112. The Labute approximate surface area is 90.2 Å². The van der Waals surface area contributed by atoms with Crippen molar-refractivity contribution in [3.8, 4) is 0 Å². The van der Waals surface area contributed by atoms with Crippen molar-refractivity contribution in [1.82, 2.24) is 5.32 Å². The predicted octanol–water partition coefficient (Wildman–Crippen LogP) is 2.57. The Hall–Kier alpha value is -1.03. The molecule has 2 aliphatic rings. The van der Waals surface area contributed by atoms with E-state index < -0.39 is 0 Å². The van der Waals surface area contributed by atoms with E-state index >= 15 is 0 Å². The lowest BCUT2D eigenvalue weighted by atomic mass is 10.0. The molecule has 0 unspecified atom stereocenters. The van der Waals surface area contributed by atoms with E-state index in [1.807, 2.05) is 6.07 Å². The molecule has 1 aromatic carbocycles. The van der Waals surface area contributed by atoms with E-state index in [1.54, 1.807) is 4.90 Å². The van der Waals surface area contributed by atoms with Gasteiger partial charge in [0.1, 0.15) is 0 Å². The maximum absolute atomic E-state index is 11.5. The zero-order chi connectivity index (χ0) is 9.71. The van der Waals surface area contributed by atoms with Crippen LogP contribution >= 0.6 is 15.9 Å². The highest BCUT2D eigenvalue weighted by Gasteiger charge is 2.33. The van der Waals surface area contributed by atoms with Gasteiger partial charge in [-0.3, -0.25) is 4.90 Å². The van der Waals surface area contributed by atoms with Gasteiger partial charge in [-0.05, 0) is 30.5 Å². The maximum atomic E-state index is 11.5. The van der Waals surface area contributed by atoms with Crippen molar-refractivity contribution in [2.75, 3.05) is 11.4 Å². The number of amides is 2. The minimum Gasteiger partial charge on any atom is -0.290 e. The summed E-state index contributed by atoms with van der Waals surface area (Å²) in [6.45, 7) is 0.809. The zero-order valence-corrected chi connectivity index (χ0v) is 9.04. The van der Waals surface area contributed by atoms with E-state index in [0.29, 0.717) is 0 Å². The van der Waals surface area contributed by atoms with Gasteiger partial charge in [-0.15, -0.1) is 0 Å². The molecule has 1 radical (unpaired) electrons. The summed E-state index contributed by atoms with van der Waals surface area (Å²) in [6.07, 6.45) is 2.07. The lowest BCUT2D eigenvalue weighted by Crippen LogP contribution is -2.32. The van der Waals surface area contributed by atoms with E-state index in [-0.39, 0.29) is 6.03 Å². The van der Waals surface area contributed by atoms with Crippen LogP contribution in [0, 0.1) is 0 Å². The molecule has 1 aromatic rings. The molecular formula is C10H8BrN2O. The Balaban J connectivity index is 2.26. The highest BCUT2D eigenvalue weighted by Crippen LogP contribution is 2.41. The van der Waals surface area contributed by atoms with Gasteiger partial charge in [0.25, 0.3) is 0 Å². The molecule has 3 nitrogen and oxygen atoms in total. The van der Waals surface area contributed by atoms with Gasteiger partial charge in [-0.25, -0.2) is 4.79 Å². The molecule has 2 amide bonds. The normalized spacial score (nSPS) is 18.1. The molecule has 0 aromatic heterocycles. The van der Waals surface area contributed by atoms with Gasteiger partial charge in [0, 0.05) is 11.0 Å². The molecule has 3 rings (SSSR count). The molecule has 0 spiro atoms. The molecule has 0 aliphatic carbocycles. The van der Waals surface area contributed by atoms with Crippen molar-refractivity contribution in [3.63, 3.8) is 0 Å². The van der Waals surface area contributed by atoms with Gasteiger partial charge in [0.15, 0.2) is 0 Å². The summed E-state index contributed by atoms with van der Waals surface area (Å²) in [6, 6.07) is 3.88. The number of hydrogen-bond donors (Lipinski definition) is 0. The van der Waals surface area contributed by atoms with E-state index in [9.17, 15) is 4.79 Å². The third-order valence-electron chi connectivity index (χ3n) is 2.68. The van der Waals surface area contributed by atoms with E-state index in [4.69, 9.17) is 0 Å². The summed E-state index contributed by atoms with van der Waals surface area (Å²) in [7, 11) is 0. The van der Waals surface area contributed by atoms with E-state index in [0.717, 1.165) is 35.2 Å².